The van der Waals surface area contributed by atoms with E-state index in [0.29, 0.717) is 6.54 Å². The summed E-state index contributed by atoms with van der Waals surface area (Å²) in [6.45, 7) is 8.43. The Balaban J connectivity index is 3.09. The SMILES string of the molecule is CCN(C(=O)C(C)(C)Br)c1ccccc1C. The van der Waals surface area contributed by atoms with E-state index < -0.39 is 4.32 Å². The molecule has 88 valence electrons. The molecule has 0 atom stereocenters. The van der Waals surface area contributed by atoms with E-state index in [0.717, 1.165) is 11.3 Å². The van der Waals surface area contributed by atoms with Crippen molar-refractivity contribution in [3.05, 3.63) is 29.8 Å². The summed E-state index contributed by atoms with van der Waals surface area (Å²) in [6.07, 6.45) is 0. The summed E-state index contributed by atoms with van der Waals surface area (Å²) in [4.78, 5) is 14.0. The molecule has 0 spiro atoms. The predicted octanol–water partition coefficient (Wildman–Crippen LogP) is 3.52. The number of halogens is 1. The van der Waals surface area contributed by atoms with Gasteiger partial charge in [-0.1, -0.05) is 34.1 Å². The average molecular weight is 284 g/mol. The largest absolute Gasteiger partial charge is 0.311 e. The van der Waals surface area contributed by atoms with Gasteiger partial charge in [-0.25, -0.2) is 0 Å². The Labute approximate surface area is 106 Å². The number of carbonyl (C=O) groups excluding carboxylic acids is 1. The first-order chi connectivity index (χ1) is 7.38. The molecule has 2 nitrogen and oxygen atoms in total. The Bertz CT molecular complexity index is 382. The molecule has 1 aromatic rings. The van der Waals surface area contributed by atoms with Crippen molar-refractivity contribution in [2.24, 2.45) is 0 Å². The lowest BCUT2D eigenvalue weighted by Gasteiger charge is -2.28. The molecule has 0 aliphatic carbocycles. The van der Waals surface area contributed by atoms with Crippen LogP contribution in [-0.4, -0.2) is 16.8 Å². The molecule has 0 saturated heterocycles. The highest BCUT2D eigenvalue weighted by Gasteiger charge is 2.29. The van der Waals surface area contributed by atoms with Crippen LogP contribution in [0.15, 0.2) is 24.3 Å². The second-order valence-corrected chi connectivity index (χ2v) is 6.29. The van der Waals surface area contributed by atoms with Gasteiger partial charge in [0.05, 0.1) is 4.32 Å². The number of anilines is 1. The number of hydrogen-bond donors (Lipinski definition) is 0. The molecule has 0 aliphatic heterocycles. The van der Waals surface area contributed by atoms with E-state index in [9.17, 15) is 4.79 Å². The molecule has 0 aromatic heterocycles. The molecule has 0 saturated carbocycles. The summed E-state index contributed by atoms with van der Waals surface area (Å²) in [5.74, 6) is 0.0873. The van der Waals surface area contributed by atoms with Crippen molar-refractivity contribution in [1.82, 2.24) is 0 Å². The maximum Gasteiger partial charge on any atom is 0.243 e. The number of benzene rings is 1. The summed E-state index contributed by atoms with van der Waals surface area (Å²) >= 11 is 3.42. The standard InChI is InChI=1S/C13H18BrNO/c1-5-15(12(16)13(3,4)14)11-9-7-6-8-10(11)2/h6-9H,5H2,1-4H3. The zero-order valence-electron chi connectivity index (χ0n) is 10.2. The quantitative estimate of drug-likeness (QED) is 0.778. The number of carbonyl (C=O) groups is 1. The third-order valence-corrected chi connectivity index (χ3v) is 2.82. The lowest BCUT2D eigenvalue weighted by Crippen LogP contribution is -2.42. The highest BCUT2D eigenvalue weighted by Crippen LogP contribution is 2.26. The van der Waals surface area contributed by atoms with E-state index in [-0.39, 0.29) is 5.91 Å². The Morgan fingerprint density at radius 2 is 1.94 bits per heavy atom. The van der Waals surface area contributed by atoms with Gasteiger partial charge in [0.25, 0.3) is 0 Å². The first kappa shape index (κ1) is 13.2. The van der Waals surface area contributed by atoms with E-state index in [1.807, 2.05) is 56.9 Å². The summed E-state index contributed by atoms with van der Waals surface area (Å²) in [5, 5.41) is 0. The number of para-hydroxylation sites is 1. The topological polar surface area (TPSA) is 20.3 Å². The van der Waals surface area contributed by atoms with Gasteiger partial charge in [0.2, 0.25) is 5.91 Å². The molecule has 1 aromatic carbocycles. The van der Waals surface area contributed by atoms with Crippen molar-refractivity contribution in [2.45, 2.75) is 32.0 Å². The Hall–Kier alpha value is -0.830. The number of amides is 1. The summed E-state index contributed by atoms with van der Waals surface area (Å²) in [5.41, 5.74) is 2.11. The van der Waals surface area contributed by atoms with E-state index in [2.05, 4.69) is 15.9 Å². The maximum atomic E-state index is 12.2. The van der Waals surface area contributed by atoms with Gasteiger partial charge in [0.1, 0.15) is 0 Å². The van der Waals surface area contributed by atoms with Crippen LogP contribution >= 0.6 is 15.9 Å². The Morgan fingerprint density at radius 1 is 1.38 bits per heavy atom. The van der Waals surface area contributed by atoms with Crippen LogP contribution in [0.2, 0.25) is 0 Å². The normalized spacial score (nSPS) is 11.3. The van der Waals surface area contributed by atoms with Crippen LogP contribution in [-0.2, 0) is 4.79 Å². The summed E-state index contributed by atoms with van der Waals surface area (Å²) in [7, 11) is 0. The summed E-state index contributed by atoms with van der Waals surface area (Å²) in [6, 6.07) is 7.94. The Kier molecular flexibility index (Phi) is 4.14. The fourth-order valence-electron chi connectivity index (χ4n) is 1.61. The van der Waals surface area contributed by atoms with Crippen LogP contribution in [0.25, 0.3) is 0 Å². The van der Waals surface area contributed by atoms with E-state index in [1.165, 1.54) is 0 Å². The highest BCUT2D eigenvalue weighted by molar-refractivity contribution is 9.10. The van der Waals surface area contributed by atoms with Crippen LogP contribution in [0.3, 0.4) is 0 Å². The van der Waals surface area contributed by atoms with Crippen molar-refractivity contribution in [1.29, 1.82) is 0 Å². The van der Waals surface area contributed by atoms with Gasteiger partial charge in [0, 0.05) is 12.2 Å². The van der Waals surface area contributed by atoms with Crippen LogP contribution in [0.5, 0.6) is 0 Å². The lowest BCUT2D eigenvalue weighted by molar-refractivity contribution is -0.119. The van der Waals surface area contributed by atoms with Gasteiger partial charge >= 0.3 is 0 Å². The van der Waals surface area contributed by atoms with Gasteiger partial charge in [-0.15, -0.1) is 0 Å². The molecular formula is C13H18BrNO. The molecule has 0 unspecified atom stereocenters. The molecule has 3 heteroatoms. The fraction of sp³-hybridized carbons (Fsp3) is 0.462. The van der Waals surface area contributed by atoms with Crippen molar-refractivity contribution < 1.29 is 4.79 Å². The molecular weight excluding hydrogens is 266 g/mol. The number of hydrogen-bond acceptors (Lipinski definition) is 1. The zero-order chi connectivity index (χ0) is 12.3. The van der Waals surface area contributed by atoms with Crippen LogP contribution in [0, 0.1) is 6.92 Å². The van der Waals surface area contributed by atoms with Gasteiger partial charge in [0.15, 0.2) is 0 Å². The molecule has 1 amide bonds. The fourth-order valence-corrected chi connectivity index (χ4v) is 1.82. The van der Waals surface area contributed by atoms with Gasteiger partial charge in [-0.2, -0.15) is 0 Å². The molecule has 0 fully saturated rings. The van der Waals surface area contributed by atoms with Crippen molar-refractivity contribution in [3.8, 4) is 0 Å². The molecule has 0 heterocycles. The van der Waals surface area contributed by atoms with Gasteiger partial charge in [-0.3, -0.25) is 4.79 Å². The molecule has 0 aliphatic rings. The van der Waals surface area contributed by atoms with E-state index in [1.54, 1.807) is 0 Å². The van der Waals surface area contributed by atoms with Crippen LogP contribution in [0.4, 0.5) is 5.69 Å². The monoisotopic (exact) mass is 283 g/mol. The van der Waals surface area contributed by atoms with E-state index in [4.69, 9.17) is 0 Å². The van der Waals surface area contributed by atoms with Crippen LogP contribution < -0.4 is 4.90 Å². The Morgan fingerprint density at radius 3 is 2.38 bits per heavy atom. The molecule has 16 heavy (non-hydrogen) atoms. The number of nitrogens with zero attached hydrogens (tertiary/aromatic N) is 1. The second kappa shape index (κ2) is 5.00. The van der Waals surface area contributed by atoms with Crippen molar-refractivity contribution in [3.63, 3.8) is 0 Å². The molecule has 0 radical (unpaired) electrons. The second-order valence-electron chi connectivity index (χ2n) is 4.31. The minimum absolute atomic E-state index is 0.0873. The zero-order valence-corrected chi connectivity index (χ0v) is 11.8. The molecule has 0 N–H and O–H groups in total. The third kappa shape index (κ3) is 2.85. The maximum absolute atomic E-state index is 12.2. The third-order valence-electron chi connectivity index (χ3n) is 2.48. The lowest BCUT2D eigenvalue weighted by atomic mass is 10.1. The number of aryl methyl sites for hydroxylation is 1. The van der Waals surface area contributed by atoms with Crippen molar-refractivity contribution >= 4 is 27.5 Å². The highest BCUT2D eigenvalue weighted by atomic mass is 79.9. The predicted molar refractivity (Wildman–Crippen MR) is 72.2 cm³/mol. The van der Waals surface area contributed by atoms with E-state index >= 15 is 0 Å². The average Bonchev–Trinajstić information content (AvgIpc) is 2.20. The first-order valence-corrected chi connectivity index (χ1v) is 6.23. The van der Waals surface area contributed by atoms with Crippen molar-refractivity contribution in [2.75, 3.05) is 11.4 Å². The molecule has 1 rings (SSSR count). The number of alkyl halides is 1. The minimum Gasteiger partial charge on any atom is -0.311 e. The van der Waals surface area contributed by atoms with Gasteiger partial charge < -0.3 is 4.90 Å². The smallest absolute Gasteiger partial charge is 0.243 e. The first-order valence-electron chi connectivity index (χ1n) is 5.44. The van der Waals surface area contributed by atoms with Crippen LogP contribution in [0.1, 0.15) is 26.3 Å². The van der Waals surface area contributed by atoms with Gasteiger partial charge in [-0.05, 0) is 39.3 Å². The molecule has 0 bridgehead atoms. The summed E-state index contributed by atoms with van der Waals surface area (Å²) < 4.78 is -0.523. The minimum atomic E-state index is -0.523. The number of rotatable bonds is 3.